The fraction of sp³-hybridized carbons (Fsp3) is 0.429. The van der Waals surface area contributed by atoms with E-state index in [0.717, 1.165) is 11.8 Å². The van der Waals surface area contributed by atoms with E-state index >= 15 is 0 Å². The first-order valence-electron chi connectivity index (χ1n) is 8.55. The highest BCUT2D eigenvalue weighted by atomic mass is 14.7. The Morgan fingerprint density at radius 3 is 1.43 bits per heavy atom. The van der Waals surface area contributed by atoms with E-state index in [-0.39, 0.29) is 0 Å². The molecule has 0 radical (unpaired) electrons. The van der Waals surface area contributed by atoms with Gasteiger partial charge in [0, 0.05) is 5.41 Å². The zero-order valence-corrected chi connectivity index (χ0v) is 12.7. The van der Waals surface area contributed by atoms with Crippen molar-refractivity contribution in [3.8, 4) is 0 Å². The maximum atomic E-state index is 2.36. The van der Waals surface area contributed by atoms with E-state index in [9.17, 15) is 0 Å². The third-order valence-electron chi connectivity index (χ3n) is 5.83. The van der Waals surface area contributed by atoms with Gasteiger partial charge in [0.25, 0.3) is 0 Å². The van der Waals surface area contributed by atoms with E-state index in [0.29, 0.717) is 5.41 Å². The quantitative estimate of drug-likeness (QED) is 0.672. The van der Waals surface area contributed by atoms with Crippen molar-refractivity contribution in [1.82, 2.24) is 0 Å². The van der Waals surface area contributed by atoms with E-state index < -0.39 is 0 Å². The molecule has 0 spiro atoms. The summed E-state index contributed by atoms with van der Waals surface area (Å²) in [7, 11) is 0. The van der Waals surface area contributed by atoms with Crippen LogP contribution in [0.1, 0.15) is 49.7 Å². The van der Waals surface area contributed by atoms with Crippen LogP contribution in [0.3, 0.4) is 0 Å². The molecule has 2 aliphatic carbocycles. The Labute approximate surface area is 128 Å². The molecule has 0 amide bonds. The van der Waals surface area contributed by atoms with Crippen LogP contribution < -0.4 is 0 Å². The van der Waals surface area contributed by atoms with Crippen molar-refractivity contribution in [3.05, 3.63) is 71.8 Å². The Balaban J connectivity index is 1.81. The van der Waals surface area contributed by atoms with Gasteiger partial charge < -0.3 is 0 Å². The molecule has 108 valence electrons. The van der Waals surface area contributed by atoms with Crippen LogP contribution in [0.25, 0.3) is 0 Å². The van der Waals surface area contributed by atoms with Gasteiger partial charge in [-0.3, -0.25) is 0 Å². The van der Waals surface area contributed by atoms with Crippen molar-refractivity contribution in [2.75, 3.05) is 0 Å². The summed E-state index contributed by atoms with van der Waals surface area (Å²) in [5.41, 5.74) is 3.41. The van der Waals surface area contributed by atoms with Gasteiger partial charge in [-0.05, 0) is 35.8 Å². The normalized spacial score (nSPS) is 27.2. The minimum atomic E-state index is 0.312. The molecule has 0 heteroatoms. The van der Waals surface area contributed by atoms with E-state index in [2.05, 4.69) is 60.7 Å². The summed E-state index contributed by atoms with van der Waals surface area (Å²) in [4.78, 5) is 0. The molecule has 0 heterocycles. The van der Waals surface area contributed by atoms with Gasteiger partial charge in [-0.1, -0.05) is 86.3 Å². The first-order chi connectivity index (χ1) is 10.4. The number of hydrogen-bond acceptors (Lipinski definition) is 0. The second kappa shape index (κ2) is 5.33. The molecule has 2 fully saturated rings. The summed E-state index contributed by atoms with van der Waals surface area (Å²) in [6.45, 7) is 0. The lowest BCUT2D eigenvalue weighted by molar-refractivity contribution is 0.485. The number of fused-ring (bicyclic) bond motifs is 1. The molecular weight excluding hydrogens is 252 g/mol. The van der Waals surface area contributed by atoms with Gasteiger partial charge in [0.2, 0.25) is 0 Å². The Morgan fingerprint density at radius 2 is 1.00 bits per heavy atom. The van der Waals surface area contributed by atoms with Crippen LogP contribution in [0, 0.1) is 11.8 Å². The Kier molecular flexibility index (Phi) is 3.33. The van der Waals surface area contributed by atoms with Crippen LogP contribution >= 0.6 is 0 Å². The molecule has 2 aliphatic rings. The summed E-state index contributed by atoms with van der Waals surface area (Å²) >= 11 is 0. The Bertz CT molecular complexity index is 528. The summed E-state index contributed by atoms with van der Waals surface area (Å²) in [6.07, 6.45) is 8.53. The molecule has 0 nitrogen and oxygen atoms in total. The first-order valence-corrected chi connectivity index (χ1v) is 8.55. The predicted octanol–water partition coefficient (Wildman–Crippen LogP) is 5.57. The van der Waals surface area contributed by atoms with Gasteiger partial charge in [0.1, 0.15) is 0 Å². The third kappa shape index (κ3) is 2.04. The summed E-state index contributed by atoms with van der Waals surface area (Å²) in [6, 6.07) is 22.6. The van der Waals surface area contributed by atoms with Crippen molar-refractivity contribution in [2.45, 2.75) is 43.9 Å². The van der Waals surface area contributed by atoms with Gasteiger partial charge in [-0.2, -0.15) is 0 Å². The zero-order valence-electron chi connectivity index (χ0n) is 12.7. The monoisotopic (exact) mass is 276 g/mol. The molecule has 2 aromatic rings. The average molecular weight is 276 g/mol. The topological polar surface area (TPSA) is 0 Å². The SMILES string of the molecule is c1ccc(C2(c3ccccc3)C3CCCCCCC32)cc1. The second-order valence-electron chi connectivity index (χ2n) is 6.81. The lowest BCUT2D eigenvalue weighted by Crippen LogP contribution is -2.14. The van der Waals surface area contributed by atoms with Crippen molar-refractivity contribution >= 4 is 0 Å². The summed E-state index contributed by atoms with van der Waals surface area (Å²) in [5, 5.41) is 0. The molecule has 0 aromatic heterocycles. The number of hydrogen-bond donors (Lipinski definition) is 0. The molecule has 4 rings (SSSR count). The van der Waals surface area contributed by atoms with Crippen molar-refractivity contribution in [1.29, 1.82) is 0 Å². The highest BCUT2D eigenvalue weighted by Crippen LogP contribution is 2.67. The van der Waals surface area contributed by atoms with Gasteiger partial charge in [-0.15, -0.1) is 0 Å². The molecule has 21 heavy (non-hydrogen) atoms. The summed E-state index contributed by atoms with van der Waals surface area (Å²) < 4.78 is 0. The standard InChI is InChI=1S/C21H24/c1-2-10-16-20-19(15-9-1)21(20,17-11-5-3-6-12-17)18-13-7-4-8-14-18/h3-8,11-14,19-20H,1-2,9-10,15-16H2. The molecule has 0 N–H and O–H groups in total. The number of benzene rings is 2. The van der Waals surface area contributed by atoms with Crippen LogP contribution in [-0.4, -0.2) is 0 Å². The van der Waals surface area contributed by atoms with Crippen LogP contribution in [0.4, 0.5) is 0 Å². The lowest BCUT2D eigenvalue weighted by atomic mass is 9.83. The predicted molar refractivity (Wildman–Crippen MR) is 88.3 cm³/mol. The molecular formula is C21H24. The van der Waals surface area contributed by atoms with E-state index in [1.165, 1.54) is 38.5 Å². The lowest BCUT2D eigenvalue weighted by Gasteiger charge is -2.20. The maximum absolute atomic E-state index is 2.36. The van der Waals surface area contributed by atoms with E-state index in [1.807, 2.05) is 0 Å². The molecule has 0 bridgehead atoms. The highest BCUT2D eigenvalue weighted by molar-refractivity contribution is 5.49. The molecule has 2 saturated carbocycles. The van der Waals surface area contributed by atoms with Gasteiger partial charge in [-0.25, -0.2) is 0 Å². The number of rotatable bonds is 2. The van der Waals surface area contributed by atoms with Gasteiger partial charge in [0.05, 0.1) is 0 Å². The second-order valence-corrected chi connectivity index (χ2v) is 6.81. The Hall–Kier alpha value is -1.56. The van der Waals surface area contributed by atoms with Crippen LogP contribution in [0.5, 0.6) is 0 Å². The van der Waals surface area contributed by atoms with Crippen molar-refractivity contribution in [3.63, 3.8) is 0 Å². The molecule has 0 aliphatic heterocycles. The van der Waals surface area contributed by atoms with Crippen LogP contribution in [0.2, 0.25) is 0 Å². The molecule has 2 aromatic carbocycles. The van der Waals surface area contributed by atoms with E-state index in [4.69, 9.17) is 0 Å². The smallest absolute Gasteiger partial charge is 0.0265 e. The van der Waals surface area contributed by atoms with Crippen molar-refractivity contribution in [2.24, 2.45) is 11.8 Å². The minimum Gasteiger partial charge on any atom is -0.0622 e. The van der Waals surface area contributed by atoms with Crippen LogP contribution in [0.15, 0.2) is 60.7 Å². The van der Waals surface area contributed by atoms with Gasteiger partial charge in [0.15, 0.2) is 0 Å². The molecule has 0 saturated heterocycles. The molecule has 2 atom stereocenters. The third-order valence-corrected chi connectivity index (χ3v) is 5.83. The molecule has 2 unspecified atom stereocenters. The fourth-order valence-electron chi connectivity index (χ4n) is 4.93. The Morgan fingerprint density at radius 1 is 0.571 bits per heavy atom. The zero-order chi connectivity index (χ0) is 14.1. The first kappa shape index (κ1) is 13.1. The average Bonchev–Trinajstić information content (AvgIpc) is 3.15. The largest absolute Gasteiger partial charge is 0.0622 e. The maximum Gasteiger partial charge on any atom is 0.0265 e. The van der Waals surface area contributed by atoms with Gasteiger partial charge >= 0.3 is 0 Å². The fourth-order valence-corrected chi connectivity index (χ4v) is 4.93. The highest BCUT2D eigenvalue weighted by Gasteiger charge is 2.64. The summed E-state index contributed by atoms with van der Waals surface area (Å²) in [5.74, 6) is 1.73. The van der Waals surface area contributed by atoms with Crippen molar-refractivity contribution < 1.29 is 0 Å². The minimum absolute atomic E-state index is 0.312. The van der Waals surface area contributed by atoms with Crippen LogP contribution in [-0.2, 0) is 5.41 Å². The van der Waals surface area contributed by atoms with E-state index in [1.54, 1.807) is 11.1 Å².